The molecule has 10 aromatic rings. The zero-order chi connectivity index (χ0) is 31.6. The molecule has 48 heavy (non-hydrogen) atoms. The Labute approximate surface area is 276 Å². The minimum atomic E-state index is 0.904. The average Bonchev–Trinajstić information content (AvgIpc) is 3.17. The SMILES string of the molecule is c1cnc2c(c1)cc(-c1ccc(-c3ccc(-c4nc5ccccc5c5c6ccccc6c6ccccc6c45)cc3)nc1)c1cccnc12. The minimum absolute atomic E-state index is 0.904. The second kappa shape index (κ2) is 10.5. The minimum Gasteiger partial charge on any atom is -0.256 e. The third-order valence-corrected chi connectivity index (χ3v) is 9.56. The molecule has 0 aliphatic carbocycles. The van der Waals surface area contributed by atoms with Crippen LogP contribution in [0.4, 0.5) is 0 Å². The Bertz CT molecular complexity index is 2880. The number of hydrogen-bond acceptors (Lipinski definition) is 4. The van der Waals surface area contributed by atoms with Crippen LogP contribution >= 0.6 is 0 Å². The van der Waals surface area contributed by atoms with Crippen molar-refractivity contribution in [2.24, 2.45) is 0 Å². The van der Waals surface area contributed by atoms with Crippen LogP contribution in [0, 0.1) is 0 Å². The van der Waals surface area contributed by atoms with E-state index in [0.29, 0.717) is 0 Å². The molecule has 0 unspecified atom stereocenters. The van der Waals surface area contributed by atoms with Crippen molar-refractivity contribution in [2.45, 2.75) is 0 Å². The van der Waals surface area contributed by atoms with E-state index in [9.17, 15) is 0 Å². The summed E-state index contributed by atoms with van der Waals surface area (Å²) in [5, 5.41) is 10.7. The summed E-state index contributed by atoms with van der Waals surface area (Å²) >= 11 is 0. The van der Waals surface area contributed by atoms with Crippen molar-refractivity contribution in [3.8, 4) is 33.6 Å². The van der Waals surface area contributed by atoms with Crippen LogP contribution in [0.3, 0.4) is 0 Å². The van der Waals surface area contributed by atoms with E-state index in [1.165, 1.54) is 37.7 Å². The fourth-order valence-corrected chi connectivity index (χ4v) is 7.37. The molecule has 0 N–H and O–H groups in total. The van der Waals surface area contributed by atoms with Gasteiger partial charge in [0.2, 0.25) is 0 Å². The van der Waals surface area contributed by atoms with E-state index >= 15 is 0 Å². The van der Waals surface area contributed by atoms with Gasteiger partial charge in [-0.25, -0.2) is 4.98 Å². The lowest BCUT2D eigenvalue weighted by Gasteiger charge is -2.16. The smallest absolute Gasteiger partial charge is 0.0970 e. The molecule has 4 nitrogen and oxygen atoms in total. The molecule has 4 heterocycles. The highest BCUT2D eigenvalue weighted by molar-refractivity contribution is 6.33. The first-order valence-corrected chi connectivity index (χ1v) is 16.1. The monoisotopic (exact) mass is 610 g/mol. The molecule has 0 bridgehead atoms. The Hall–Kier alpha value is -6.52. The summed E-state index contributed by atoms with van der Waals surface area (Å²) in [5.74, 6) is 0. The Morgan fingerprint density at radius 2 is 1.00 bits per heavy atom. The third-order valence-electron chi connectivity index (χ3n) is 9.56. The van der Waals surface area contributed by atoms with Gasteiger partial charge in [-0.15, -0.1) is 0 Å². The van der Waals surface area contributed by atoms with E-state index in [4.69, 9.17) is 9.97 Å². The van der Waals surface area contributed by atoms with Gasteiger partial charge in [0.25, 0.3) is 0 Å². The topological polar surface area (TPSA) is 51.6 Å². The largest absolute Gasteiger partial charge is 0.256 e. The van der Waals surface area contributed by atoms with Gasteiger partial charge in [0.05, 0.1) is 27.9 Å². The highest BCUT2D eigenvalue weighted by Gasteiger charge is 2.17. The van der Waals surface area contributed by atoms with E-state index in [2.05, 4.69) is 137 Å². The molecule has 4 aromatic heterocycles. The standard InChI is InChI=1S/C44H26N4/c1-3-12-33-31(10-1)32-11-2-4-13-34(32)41-40(33)36-14-5-6-16-39(36)48-42(41)28-19-17-27(18-20-28)38-22-21-30(26-47-38)37-25-29-9-7-23-45-43(29)44-35(37)15-8-24-46-44/h1-26H. The number of benzene rings is 6. The van der Waals surface area contributed by atoms with Gasteiger partial charge in [0.15, 0.2) is 0 Å². The molecular weight excluding hydrogens is 585 g/mol. The maximum absolute atomic E-state index is 5.30. The zero-order valence-corrected chi connectivity index (χ0v) is 25.8. The molecule has 0 spiro atoms. The van der Waals surface area contributed by atoms with Crippen LogP contribution in [-0.2, 0) is 0 Å². The predicted octanol–water partition coefficient (Wildman–Crippen LogP) is 11.2. The highest BCUT2D eigenvalue weighted by Crippen LogP contribution is 2.43. The van der Waals surface area contributed by atoms with Gasteiger partial charge < -0.3 is 0 Å². The van der Waals surface area contributed by atoms with Crippen molar-refractivity contribution in [3.05, 3.63) is 158 Å². The Balaban J connectivity index is 1.10. The normalized spacial score (nSPS) is 11.8. The van der Waals surface area contributed by atoms with Crippen LogP contribution in [-0.4, -0.2) is 19.9 Å². The molecule has 0 amide bonds. The van der Waals surface area contributed by atoms with Crippen LogP contribution in [0.25, 0.3) is 98.7 Å². The van der Waals surface area contributed by atoms with Gasteiger partial charge in [0, 0.05) is 62.2 Å². The van der Waals surface area contributed by atoms with E-state index in [-0.39, 0.29) is 0 Å². The number of nitrogens with zero attached hydrogens (tertiary/aromatic N) is 4. The van der Waals surface area contributed by atoms with Crippen LogP contribution in [0.15, 0.2) is 158 Å². The molecule has 0 fully saturated rings. The van der Waals surface area contributed by atoms with Gasteiger partial charge >= 0.3 is 0 Å². The van der Waals surface area contributed by atoms with Gasteiger partial charge in [-0.3, -0.25) is 15.0 Å². The Morgan fingerprint density at radius 1 is 0.396 bits per heavy atom. The Morgan fingerprint density at radius 3 is 1.75 bits per heavy atom. The van der Waals surface area contributed by atoms with Crippen LogP contribution < -0.4 is 0 Å². The molecule has 6 aromatic carbocycles. The van der Waals surface area contributed by atoms with Crippen molar-refractivity contribution in [1.29, 1.82) is 0 Å². The van der Waals surface area contributed by atoms with E-state index in [1.54, 1.807) is 0 Å². The van der Waals surface area contributed by atoms with E-state index in [0.717, 1.165) is 61.0 Å². The van der Waals surface area contributed by atoms with Crippen LogP contribution in [0.1, 0.15) is 0 Å². The summed E-state index contributed by atoms with van der Waals surface area (Å²) in [6, 6.07) is 49.2. The van der Waals surface area contributed by atoms with Crippen molar-refractivity contribution in [3.63, 3.8) is 0 Å². The highest BCUT2D eigenvalue weighted by atomic mass is 14.7. The first kappa shape index (κ1) is 26.7. The number of fused-ring (bicyclic) bond motifs is 11. The third kappa shape index (κ3) is 4.03. The number of pyridine rings is 4. The fraction of sp³-hybridized carbons (Fsp3) is 0. The average molecular weight is 611 g/mol. The fourth-order valence-electron chi connectivity index (χ4n) is 7.37. The number of rotatable bonds is 3. The number of hydrogen-bond donors (Lipinski definition) is 0. The molecule has 0 atom stereocenters. The first-order valence-electron chi connectivity index (χ1n) is 16.1. The summed E-state index contributed by atoms with van der Waals surface area (Å²) in [5.41, 5.74) is 9.00. The summed E-state index contributed by atoms with van der Waals surface area (Å²) in [7, 11) is 0. The lowest BCUT2D eigenvalue weighted by Crippen LogP contribution is -1.93. The molecule has 0 aliphatic rings. The summed E-state index contributed by atoms with van der Waals surface area (Å²) in [6.07, 6.45) is 5.61. The quantitative estimate of drug-likeness (QED) is 0.187. The summed E-state index contributed by atoms with van der Waals surface area (Å²) in [6.45, 7) is 0. The molecule has 4 heteroatoms. The van der Waals surface area contributed by atoms with Gasteiger partial charge in [-0.2, -0.15) is 0 Å². The molecular formula is C44H26N4. The van der Waals surface area contributed by atoms with Crippen molar-refractivity contribution in [1.82, 2.24) is 19.9 Å². The van der Waals surface area contributed by atoms with E-state index in [1.807, 2.05) is 30.7 Å². The maximum atomic E-state index is 5.30. The second-order valence-electron chi connectivity index (χ2n) is 12.2. The molecule has 222 valence electrons. The molecule has 0 radical (unpaired) electrons. The first-order chi connectivity index (χ1) is 23.8. The molecule has 0 saturated heterocycles. The molecule has 0 aliphatic heterocycles. The van der Waals surface area contributed by atoms with Gasteiger partial charge in [-0.05, 0) is 57.4 Å². The molecule has 0 saturated carbocycles. The summed E-state index contributed by atoms with van der Waals surface area (Å²) < 4.78 is 0. The lowest BCUT2D eigenvalue weighted by atomic mass is 9.90. The van der Waals surface area contributed by atoms with E-state index < -0.39 is 0 Å². The van der Waals surface area contributed by atoms with Gasteiger partial charge in [-0.1, -0.05) is 109 Å². The molecule has 10 rings (SSSR count). The lowest BCUT2D eigenvalue weighted by molar-refractivity contribution is 1.32. The number of aromatic nitrogens is 4. The van der Waals surface area contributed by atoms with Crippen LogP contribution in [0.5, 0.6) is 0 Å². The van der Waals surface area contributed by atoms with Crippen molar-refractivity contribution in [2.75, 3.05) is 0 Å². The van der Waals surface area contributed by atoms with Crippen molar-refractivity contribution >= 4 is 65.0 Å². The predicted molar refractivity (Wildman–Crippen MR) is 199 cm³/mol. The van der Waals surface area contributed by atoms with Crippen LogP contribution in [0.2, 0.25) is 0 Å². The Kier molecular flexibility index (Phi) is 5.84. The van der Waals surface area contributed by atoms with Gasteiger partial charge in [0.1, 0.15) is 0 Å². The van der Waals surface area contributed by atoms with Crippen molar-refractivity contribution < 1.29 is 0 Å². The maximum Gasteiger partial charge on any atom is 0.0970 e. The zero-order valence-electron chi connectivity index (χ0n) is 25.8. The second-order valence-corrected chi connectivity index (χ2v) is 12.2. The number of para-hydroxylation sites is 1. The summed E-state index contributed by atoms with van der Waals surface area (Å²) in [4.78, 5) is 19.5.